The molecule has 0 saturated carbocycles. The Balaban J connectivity index is 2.27. The molecule has 24 heavy (non-hydrogen) atoms. The van der Waals surface area contributed by atoms with Crippen molar-refractivity contribution in [1.82, 2.24) is 10.3 Å². The Morgan fingerprint density at radius 3 is 2.17 bits per heavy atom. The third-order valence-electron chi connectivity index (χ3n) is 3.10. The summed E-state index contributed by atoms with van der Waals surface area (Å²) in [5, 5.41) is 10.9. The lowest BCUT2D eigenvalue weighted by atomic mass is 10.1. The largest absolute Gasteiger partial charge is 0.478 e. The van der Waals surface area contributed by atoms with E-state index in [9.17, 15) is 14.7 Å². The van der Waals surface area contributed by atoms with E-state index in [0.29, 0.717) is 6.42 Å². The molecule has 2 aromatic rings. The van der Waals surface area contributed by atoms with Crippen molar-refractivity contribution in [1.29, 1.82) is 0 Å². The van der Waals surface area contributed by atoms with Gasteiger partial charge < -0.3 is 10.4 Å². The van der Waals surface area contributed by atoms with E-state index in [4.69, 9.17) is 46.4 Å². The minimum Gasteiger partial charge on any atom is -0.478 e. The lowest BCUT2D eigenvalue weighted by Gasteiger charge is -2.13. The lowest BCUT2D eigenvalue weighted by molar-refractivity contribution is 0.0691. The number of nitrogens with zero attached hydrogens (tertiary/aromatic N) is 1. The maximum absolute atomic E-state index is 12.4. The van der Waals surface area contributed by atoms with E-state index in [-0.39, 0.29) is 32.2 Å². The van der Waals surface area contributed by atoms with Crippen LogP contribution in [0.25, 0.3) is 0 Å². The molecule has 2 rings (SSSR count). The van der Waals surface area contributed by atoms with Gasteiger partial charge in [0.1, 0.15) is 0 Å². The van der Waals surface area contributed by atoms with Crippen LogP contribution in [-0.2, 0) is 6.42 Å². The maximum Gasteiger partial charge on any atom is 0.338 e. The number of hydrogen-bond acceptors (Lipinski definition) is 3. The molecule has 0 radical (unpaired) electrons. The number of rotatable bonds is 5. The molecule has 0 atom stereocenters. The van der Waals surface area contributed by atoms with Crippen LogP contribution in [0, 0.1) is 0 Å². The highest BCUT2D eigenvalue weighted by Gasteiger charge is 2.28. The van der Waals surface area contributed by atoms with Gasteiger partial charge in [-0.25, -0.2) is 4.79 Å². The van der Waals surface area contributed by atoms with Crippen molar-refractivity contribution in [3.05, 3.63) is 61.3 Å². The lowest BCUT2D eigenvalue weighted by Crippen LogP contribution is -2.28. The monoisotopic (exact) mass is 406 g/mol. The van der Waals surface area contributed by atoms with Gasteiger partial charge in [0.2, 0.25) is 0 Å². The third kappa shape index (κ3) is 3.92. The normalized spacial score (nSPS) is 10.5. The van der Waals surface area contributed by atoms with Gasteiger partial charge in [-0.05, 0) is 12.1 Å². The highest BCUT2D eigenvalue weighted by Crippen LogP contribution is 2.41. The minimum atomic E-state index is -1.43. The summed E-state index contributed by atoms with van der Waals surface area (Å²) in [7, 11) is 0. The van der Waals surface area contributed by atoms with E-state index in [0.717, 1.165) is 5.69 Å². The third-order valence-corrected chi connectivity index (χ3v) is 4.90. The van der Waals surface area contributed by atoms with Crippen LogP contribution in [0.5, 0.6) is 0 Å². The molecule has 1 heterocycles. The van der Waals surface area contributed by atoms with Crippen LogP contribution in [0.4, 0.5) is 0 Å². The first-order valence-corrected chi connectivity index (χ1v) is 8.13. The van der Waals surface area contributed by atoms with E-state index >= 15 is 0 Å². The van der Waals surface area contributed by atoms with Gasteiger partial charge in [0.05, 0.1) is 31.2 Å². The second-order valence-electron chi connectivity index (χ2n) is 4.64. The molecule has 9 heteroatoms. The number of hydrogen-bond donors (Lipinski definition) is 2. The first-order valence-electron chi connectivity index (χ1n) is 6.62. The molecule has 0 spiro atoms. The molecule has 0 fully saturated rings. The Bertz CT molecular complexity index is 797. The molecule has 2 N–H and O–H groups in total. The predicted molar refractivity (Wildman–Crippen MR) is 93.7 cm³/mol. The SMILES string of the molecule is O=C(O)c1c(Cl)c(Cl)c(Cl)c(Cl)c1C(=O)NCCc1ccccn1. The van der Waals surface area contributed by atoms with Crippen molar-refractivity contribution >= 4 is 58.3 Å². The van der Waals surface area contributed by atoms with E-state index in [2.05, 4.69) is 10.3 Å². The second-order valence-corrected chi connectivity index (χ2v) is 6.15. The fourth-order valence-electron chi connectivity index (χ4n) is 1.98. The predicted octanol–water partition coefficient (Wildman–Crippen LogP) is 4.37. The van der Waals surface area contributed by atoms with Gasteiger partial charge in [-0.15, -0.1) is 0 Å². The van der Waals surface area contributed by atoms with Crippen LogP contribution in [0.3, 0.4) is 0 Å². The highest BCUT2D eigenvalue weighted by molar-refractivity contribution is 6.54. The summed E-state index contributed by atoms with van der Waals surface area (Å²) < 4.78 is 0. The number of aromatic nitrogens is 1. The van der Waals surface area contributed by atoms with Gasteiger partial charge in [-0.2, -0.15) is 0 Å². The molecule has 1 aromatic carbocycles. The summed E-state index contributed by atoms with van der Waals surface area (Å²) in [6.07, 6.45) is 2.09. The van der Waals surface area contributed by atoms with Gasteiger partial charge in [0, 0.05) is 24.9 Å². The van der Waals surface area contributed by atoms with Gasteiger partial charge in [-0.1, -0.05) is 52.5 Å². The summed E-state index contributed by atoms with van der Waals surface area (Å²) >= 11 is 23.6. The Hall–Kier alpha value is -1.53. The zero-order valence-electron chi connectivity index (χ0n) is 11.9. The van der Waals surface area contributed by atoms with Crippen LogP contribution < -0.4 is 5.32 Å². The van der Waals surface area contributed by atoms with Crippen LogP contribution in [0.1, 0.15) is 26.4 Å². The molecule has 1 amide bonds. The number of aromatic carboxylic acids is 1. The zero-order chi connectivity index (χ0) is 17.9. The number of nitrogens with one attached hydrogen (secondary N) is 1. The van der Waals surface area contributed by atoms with Gasteiger partial charge in [0.25, 0.3) is 5.91 Å². The summed E-state index contributed by atoms with van der Waals surface area (Å²) in [5.74, 6) is -2.15. The number of amides is 1. The molecule has 0 aliphatic carbocycles. The minimum absolute atomic E-state index is 0.178. The Kier molecular flexibility index (Phi) is 6.29. The number of pyridine rings is 1. The van der Waals surface area contributed by atoms with Crippen LogP contribution in [0.2, 0.25) is 20.1 Å². The molecule has 5 nitrogen and oxygen atoms in total. The molecular weight excluding hydrogens is 398 g/mol. The number of halogens is 4. The molecule has 0 bridgehead atoms. The molecule has 0 unspecified atom stereocenters. The highest BCUT2D eigenvalue weighted by atomic mass is 35.5. The molecule has 0 saturated heterocycles. The number of carboxylic acid groups (broad SMARTS) is 1. The fourth-order valence-corrected chi connectivity index (χ4v) is 3.00. The fraction of sp³-hybridized carbons (Fsp3) is 0.133. The van der Waals surface area contributed by atoms with Crippen molar-refractivity contribution in [2.45, 2.75) is 6.42 Å². The molecule has 0 aliphatic rings. The molecule has 1 aromatic heterocycles. The van der Waals surface area contributed by atoms with Crippen LogP contribution in [-0.4, -0.2) is 28.5 Å². The van der Waals surface area contributed by atoms with Crippen molar-refractivity contribution in [2.24, 2.45) is 0 Å². The number of carboxylic acids is 1. The summed E-state index contributed by atoms with van der Waals surface area (Å²) in [5.41, 5.74) is -0.0504. The van der Waals surface area contributed by atoms with E-state index in [1.54, 1.807) is 18.3 Å². The second kappa shape index (κ2) is 8.03. The number of carbonyl (C=O) groups excluding carboxylic acids is 1. The summed E-state index contributed by atoms with van der Waals surface area (Å²) in [4.78, 5) is 27.9. The smallest absolute Gasteiger partial charge is 0.338 e. The molecule has 126 valence electrons. The Labute approximate surface area is 157 Å². The average Bonchev–Trinajstić information content (AvgIpc) is 2.56. The Morgan fingerprint density at radius 2 is 1.62 bits per heavy atom. The number of carbonyl (C=O) groups is 2. The number of benzene rings is 1. The van der Waals surface area contributed by atoms with Crippen LogP contribution >= 0.6 is 46.4 Å². The van der Waals surface area contributed by atoms with Crippen molar-refractivity contribution in [3.63, 3.8) is 0 Å². The van der Waals surface area contributed by atoms with Crippen molar-refractivity contribution < 1.29 is 14.7 Å². The van der Waals surface area contributed by atoms with Crippen LogP contribution in [0.15, 0.2) is 24.4 Å². The maximum atomic E-state index is 12.4. The first kappa shape index (κ1) is 18.8. The van der Waals surface area contributed by atoms with E-state index in [1.807, 2.05) is 6.07 Å². The first-order chi connectivity index (χ1) is 11.3. The summed E-state index contributed by atoms with van der Waals surface area (Å²) in [6.45, 7) is 0.225. The van der Waals surface area contributed by atoms with E-state index in [1.165, 1.54) is 0 Å². The zero-order valence-corrected chi connectivity index (χ0v) is 15.0. The topological polar surface area (TPSA) is 79.3 Å². The van der Waals surface area contributed by atoms with Gasteiger partial charge in [-0.3, -0.25) is 9.78 Å². The quantitative estimate of drug-likeness (QED) is 0.569. The molecule has 0 aliphatic heterocycles. The Morgan fingerprint density at radius 1 is 1.00 bits per heavy atom. The van der Waals surface area contributed by atoms with Gasteiger partial charge in [0.15, 0.2) is 0 Å². The van der Waals surface area contributed by atoms with E-state index < -0.39 is 17.4 Å². The van der Waals surface area contributed by atoms with Crippen molar-refractivity contribution in [2.75, 3.05) is 6.54 Å². The standard InChI is InChI=1S/C15H10Cl4N2O3/c16-10-8(9(15(23)24)11(17)13(19)12(10)18)14(22)21-6-4-7-3-1-2-5-20-7/h1-3,5H,4,6H2,(H,21,22)(H,23,24). The summed E-state index contributed by atoms with van der Waals surface area (Å²) in [6, 6.07) is 5.40. The average molecular weight is 408 g/mol. The van der Waals surface area contributed by atoms with Gasteiger partial charge >= 0.3 is 5.97 Å². The van der Waals surface area contributed by atoms with Crippen molar-refractivity contribution in [3.8, 4) is 0 Å². The molecular formula is C15H10Cl4N2O3.